The highest BCUT2D eigenvalue weighted by Crippen LogP contribution is 2.64. The van der Waals surface area contributed by atoms with Gasteiger partial charge in [-0.1, -0.05) is 176 Å². The van der Waals surface area contributed by atoms with Crippen molar-refractivity contribution in [2.45, 2.75) is 24.2 Å². The van der Waals surface area contributed by atoms with E-state index in [9.17, 15) is 0 Å². The highest BCUT2D eigenvalue weighted by molar-refractivity contribution is 6.08. The SMILES string of the molecule is c1ccc(-c2cc(-c3ccccc3)nc(N3c4ccc(-c5ccc6oc7ccc(-c8ccc9c(c8)C8C(c%10ccccc%10N8c8ccccc8)N9c8ccccc8)cc7c6c5)cc4C4C3c3ccccc3N4c3ccccc3)n2)cc1. The Kier molecular flexibility index (Phi) is 10.1. The third-order valence-electron chi connectivity index (χ3n) is 17.3. The highest BCUT2D eigenvalue weighted by Gasteiger charge is 2.52. The molecule has 0 aliphatic carbocycles. The maximum absolute atomic E-state index is 6.66. The fraction of sp³-hybridized carbons (Fsp3) is 0.0541. The number of aromatic nitrogens is 2. The van der Waals surface area contributed by atoms with Gasteiger partial charge >= 0.3 is 0 Å². The normalized spacial score (nSPS) is 17.3. The number of fused-ring (bicyclic) bond motifs is 13. The first-order chi connectivity index (χ1) is 40.2. The van der Waals surface area contributed by atoms with E-state index >= 15 is 0 Å². The van der Waals surface area contributed by atoms with Crippen molar-refractivity contribution in [1.82, 2.24) is 9.97 Å². The lowest BCUT2D eigenvalue weighted by molar-refractivity contribution is 0.626. The van der Waals surface area contributed by atoms with Crippen molar-refractivity contribution in [3.05, 3.63) is 301 Å². The third-order valence-corrected chi connectivity index (χ3v) is 17.3. The molecule has 0 bridgehead atoms. The van der Waals surface area contributed by atoms with E-state index in [1.807, 2.05) is 0 Å². The first kappa shape index (κ1) is 45.5. The second kappa shape index (κ2) is 18.0. The summed E-state index contributed by atoms with van der Waals surface area (Å²) >= 11 is 0. The van der Waals surface area contributed by atoms with Crippen LogP contribution < -0.4 is 19.6 Å². The van der Waals surface area contributed by atoms with Gasteiger partial charge in [0.25, 0.3) is 0 Å². The minimum absolute atomic E-state index is 0.0626. The molecule has 0 amide bonds. The van der Waals surface area contributed by atoms with E-state index in [4.69, 9.17) is 14.4 Å². The van der Waals surface area contributed by atoms with Gasteiger partial charge in [0.05, 0.1) is 41.2 Å². The summed E-state index contributed by atoms with van der Waals surface area (Å²) in [7, 11) is 0. The number of nitrogens with zero attached hydrogens (tertiary/aromatic N) is 6. The van der Waals surface area contributed by atoms with Gasteiger partial charge in [-0.15, -0.1) is 0 Å². The fourth-order valence-electron chi connectivity index (χ4n) is 13.8. The van der Waals surface area contributed by atoms with E-state index in [0.717, 1.165) is 72.5 Å². The summed E-state index contributed by atoms with van der Waals surface area (Å²) in [6.45, 7) is 0. The Morgan fingerprint density at radius 2 is 0.593 bits per heavy atom. The van der Waals surface area contributed by atoms with Gasteiger partial charge < -0.3 is 24.0 Å². The second-order valence-corrected chi connectivity index (χ2v) is 21.6. The predicted molar refractivity (Wildman–Crippen MR) is 329 cm³/mol. The van der Waals surface area contributed by atoms with Crippen LogP contribution in [0.3, 0.4) is 0 Å². The molecule has 7 nitrogen and oxygen atoms in total. The van der Waals surface area contributed by atoms with E-state index < -0.39 is 0 Å². The van der Waals surface area contributed by atoms with Gasteiger partial charge in [0.2, 0.25) is 5.95 Å². The maximum atomic E-state index is 6.66. The molecule has 4 aliphatic heterocycles. The third kappa shape index (κ3) is 7.08. The number of para-hydroxylation sites is 5. The highest BCUT2D eigenvalue weighted by atomic mass is 16.3. The molecule has 13 aromatic rings. The van der Waals surface area contributed by atoms with Gasteiger partial charge in [0, 0.05) is 78.3 Å². The van der Waals surface area contributed by atoms with Crippen LogP contribution >= 0.6 is 0 Å². The molecule has 0 N–H and O–H groups in total. The van der Waals surface area contributed by atoms with E-state index in [1.54, 1.807) is 0 Å². The van der Waals surface area contributed by atoms with Crippen molar-refractivity contribution in [3.8, 4) is 44.8 Å². The van der Waals surface area contributed by atoms with Gasteiger partial charge in [-0.25, -0.2) is 9.97 Å². The molecular weight excluding hydrogens is 989 g/mol. The zero-order valence-electron chi connectivity index (χ0n) is 44.0. The first-order valence-electron chi connectivity index (χ1n) is 27.9. The molecule has 0 spiro atoms. The summed E-state index contributed by atoms with van der Waals surface area (Å²) < 4.78 is 6.66. The maximum Gasteiger partial charge on any atom is 0.231 e. The lowest BCUT2D eigenvalue weighted by Crippen LogP contribution is -2.25. The van der Waals surface area contributed by atoms with Crippen molar-refractivity contribution in [1.29, 1.82) is 0 Å². The van der Waals surface area contributed by atoms with E-state index in [2.05, 4.69) is 299 Å². The zero-order valence-corrected chi connectivity index (χ0v) is 44.0. The number of rotatable bonds is 8. The van der Waals surface area contributed by atoms with Gasteiger partial charge in [0.1, 0.15) is 11.2 Å². The number of furan rings is 1. The van der Waals surface area contributed by atoms with Crippen LogP contribution in [-0.4, -0.2) is 9.97 Å². The van der Waals surface area contributed by atoms with Crippen LogP contribution in [0.4, 0.5) is 45.8 Å². The Morgan fingerprint density at radius 1 is 0.259 bits per heavy atom. The lowest BCUT2D eigenvalue weighted by atomic mass is 9.95. The molecule has 2 aromatic heterocycles. The zero-order chi connectivity index (χ0) is 53.1. The Morgan fingerprint density at radius 3 is 1.04 bits per heavy atom. The van der Waals surface area contributed by atoms with E-state index in [1.165, 1.54) is 56.3 Å². The van der Waals surface area contributed by atoms with Crippen molar-refractivity contribution in [2.24, 2.45) is 0 Å². The molecule has 11 aromatic carbocycles. The van der Waals surface area contributed by atoms with Crippen molar-refractivity contribution >= 4 is 67.7 Å². The molecule has 4 atom stereocenters. The molecule has 4 aliphatic rings. The largest absolute Gasteiger partial charge is 0.456 e. The summed E-state index contributed by atoms with van der Waals surface area (Å²) in [6.07, 6.45) is 0. The van der Waals surface area contributed by atoms with E-state index in [0.29, 0.717) is 5.95 Å². The van der Waals surface area contributed by atoms with Crippen molar-refractivity contribution in [3.63, 3.8) is 0 Å². The Balaban J connectivity index is 0.795. The van der Waals surface area contributed by atoms with Crippen LogP contribution in [-0.2, 0) is 0 Å². The molecule has 6 heterocycles. The van der Waals surface area contributed by atoms with Crippen molar-refractivity contribution in [2.75, 3.05) is 19.6 Å². The number of anilines is 8. The summed E-state index contributed by atoms with van der Waals surface area (Å²) in [4.78, 5) is 21.0. The topological polar surface area (TPSA) is 51.9 Å². The van der Waals surface area contributed by atoms with Crippen LogP contribution in [0.1, 0.15) is 46.4 Å². The standard InChI is InChI=1S/C74H50N6O/c1-6-20-47(21-7-1)62-46-63(48-22-8-2-9-23-48)76-74(75-62)80-67-39-35-50(45-61(67)73-71(80)57-31-17-19-33-65(57)78(73)54-26-12-4-13-27-54)52-37-41-69-59(43-52)58-42-51(36-40-68(58)81-69)49-34-38-66-60(44-49)72-70(79(66)55-28-14-5-15-29-55)56-30-16-18-32-64(56)77(72)53-24-10-3-11-25-53/h1-46,70-73H. The quantitative estimate of drug-likeness (QED) is 0.150. The van der Waals surface area contributed by atoms with Crippen LogP contribution in [0.2, 0.25) is 0 Å². The molecular formula is C74H50N6O. The van der Waals surface area contributed by atoms with Crippen molar-refractivity contribution < 1.29 is 4.42 Å². The smallest absolute Gasteiger partial charge is 0.231 e. The molecule has 81 heavy (non-hydrogen) atoms. The second-order valence-electron chi connectivity index (χ2n) is 21.6. The molecule has 4 unspecified atom stereocenters. The number of benzene rings is 11. The Labute approximate surface area is 469 Å². The van der Waals surface area contributed by atoms with Gasteiger partial charge in [-0.05, 0) is 125 Å². The summed E-state index contributed by atoms with van der Waals surface area (Å²) in [5.74, 6) is 0.669. The van der Waals surface area contributed by atoms with Crippen LogP contribution in [0.15, 0.2) is 283 Å². The average Bonchev–Trinajstić information content (AvgIpc) is 3.35. The van der Waals surface area contributed by atoms with E-state index in [-0.39, 0.29) is 24.2 Å². The van der Waals surface area contributed by atoms with Gasteiger partial charge in [-0.3, -0.25) is 0 Å². The fourth-order valence-corrected chi connectivity index (χ4v) is 13.8. The Hall–Kier alpha value is -10.5. The summed E-state index contributed by atoms with van der Waals surface area (Å²) in [6, 6.07) is 101. The number of hydrogen-bond acceptors (Lipinski definition) is 7. The van der Waals surface area contributed by atoms with Crippen LogP contribution in [0.25, 0.3) is 66.7 Å². The summed E-state index contributed by atoms with van der Waals surface area (Å²) in [5.41, 5.74) is 23.5. The van der Waals surface area contributed by atoms with Gasteiger partial charge in [-0.2, -0.15) is 0 Å². The minimum atomic E-state index is -0.114. The molecule has 0 fully saturated rings. The van der Waals surface area contributed by atoms with Gasteiger partial charge in [0.15, 0.2) is 0 Å². The summed E-state index contributed by atoms with van der Waals surface area (Å²) in [5, 5.41) is 2.17. The molecule has 382 valence electrons. The molecule has 0 saturated heterocycles. The lowest BCUT2D eigenvalue weighted by Gasteiger charge is -2.29. The molecule has 17 rings (SSSR count). The monoisotopic (exact) mass is 1040 g/mol. The van der Waals surface area contributed by atoms with Crippen LogP contribution in [0.5, 0.6) is 0 Å². The molecule has 0 radical (unpaired) electrons. The average molecular weight is 1040 g/mol. The molecule has 7 heteroatoms. The molecule has 0 saturated carbocycles. The first-order valence-corrected chi connectivity index (χ1v) is 27.9. The van der Waals surface area contributed by atoms with Crippen LogP contribution in [0, 0.1) is 0 Å². The minimum Gasteiger partial charge on any atom is -0.456 e. The Bertz CT molecular complexity index is 4530. The number of hydrogen-bond donors (Lipinski definition) is 0. The predicted octanol–water partition coefficient (Wildman–Crippen LogP) is 19.2.